The van der Waals surface area contributed by atoms with Crippen molar-refractivity contribution in [2.24, 2.45) is 5.92 Å². The Morgan fingerprint density at radius 3 is 2.56 bits per heavy atom. The van der Waals surface area contributed by atoms with Crippen LogP contribution < -0.4 is 16.1 Å². The van der Waals surface area contributed by atoms with Crippen LogP contribution in [0.1, 0.15) is 12.8 Å². The van der Waals surface area contributed by atoms with E-state index in [0.29, 0.717) is 22.3 Å². The molecule has 2 N–H and O–H groups in total. The second-order valence-corrected chi connectivity index (χ2v) is 6.58. The summed E-state index contributed by atoms with van der Waals surface area (Å²) in [5.41, 5.74) is 1.66. The van der Waals surface area contributed by atoms with Gasteiger partial charge in [-0.1, -0.05) is 18.2 Å². The van der Waals surface area contributed by atoms with E-state index in [1.807, 2.05) is 0 Å². The van der Waals surface area contributed by atoms with E-state index in [-0.39, 0.29) is 29.7 Å². The van der Waals surface area contributed by atoms with Crippen LogP contribution in [0.2, 0.25) is 0 Å². The van der Waals surface area contributed by atoms with Crippen LogP contribution in [0.25, 0.3) is 10.9 Å². The van der Waals surface area contributed by atoms with E-state index < -0.39 is 0 Å². The van der Waals surface area contributed by atoms with Gasteiger partial charge in [0, 0.05) is 22.7 Å². The van der Waals surface area contributed by atoms with Gasteiger partial charge in [0.25, 0.3) is 0 Å². The molecular weight excluding hydrogens is 344 g/mol. The van der Waals surface area contributed by atoms with Crippen molar-refractivity contribution in [1.82, 2.24) is 9.78 Å². The topological polar surface area (TPSA) is 93.1 Å². The molecule has 1 fully saturated rings. The number of hydrogen-bond acceptors (Lipinski definition) is 4. The van der Waals surface area contributed by atoms with Crippen molar-refractivity contribution in [2.75, 3.05) is 10.6 Å². The maximum Gasteiger partial charge on any atom is 0.246 e. The SMILES string of the molecule is O=C(Cn1ncc(=O)c2ccccc21)Nc1cccc(NC(=O)C2CC2)c1. The minimum absolute atomic E-state index is 0.0161. The Morgan fingerprint density at radius 1 is 1.04 bits per heavy atom. The van der Waals surface area contributed by atoms with Gasteiger partial charge >= 0.3 is 0 Å². The van der Waals surface area contributed by atoms with Gasteiger partial charge in [-0.3, -0.25) is 19.1 Å². The average Bonchev–Trinajstić information content (AvgIpc) is 3.50. The first-order valence-corrected chi connectivity index (χ1v) is 8.76. The molecular formula is C20H18N4O3. The second kappa shape index (κ2) is 7.03. The molecule has 3 aromatic rings. The highest BCUT2D eigenvalue weighted by molar-refractivity contribution is 5.96. The predicted octanol–water partition coefficient (Wildman–Crippen LogP) is 2.38. The van der Waals surface area contributed by atoms with Crippen LogP contribution in [0.3, 0.4) is 0 Å². The monoisotopic (exact) mass is 362 g/mol. The summed E-state index contributed by atoms with van der Waals surface area (Å²) in [6, 6.07) is 14.1. The lowest BCUT2D eigenvalue weighted by Gasteiger charge is -2.11. The molecule has 2 amide bonds. The van der Waals surface area contributed by atoms with E-state index in [1.54, 1.807) is 48.5 Å². The Balaban J connectivity index is 1.48. The third-order valence-corrected chi connectivity index (χ3v) is 4.42. The number of carbonyl (C=O) groups is 2. The Morgan fingerprint density at radius 2 is 1.78 bits per heavy atom. The molecule has 27 heavy (non-hydrogen) atoms. The summed E-state index contributed by atoms with van der Waals surface area (Å²) in [6.45, 7) is -0.0283. The quantitative estimate of drug-likeness (QED) is 0.729. The molecule has 7 heteroatoms. The summed E-state index contributed by atoms with van der Waals surface area (Å²) in [4.78, 5) is 36.2. The molecule has 4 rings (SSSR count). The van der Waals surface area contributed by atoms with E-state index in [1.165, 1.54) is 10.9 Å². The van der Waals surface area contributed by atoms with Crippen LogP contribution in [0, 0.1) is 5.92 Å². The molecule has 1 aliphatic carbocycles. The van der Waals surface area contributed by atoms with Crippen molar-refractivity contribution >= 4 is 34.1 Å². The normalized spacial score (nSPS) is 13.3. The zero-order valence-corrected chi connectivity index (χ0v) is 14.5. The lowest BCUT2D eigenvalue weighted by Crippen LogP contribution is -2.22. The van der Waals surface area contributed by atoms with Gasteiger partial charge in [-0.2, -0.15) is 5.10 Å². The lowest BCUT2D eigenvalue weighted by molar-refractivity contribution is -0.117. The first-order chi connectivity index (χ1) is 13.1. The Hall–Kier alpha value is -3.48. The maximum atomic E-state index is 12.4. The smallest absolute Gasteiger partial charge is 0.246 e. The molecule has 1 aliphatic rings. The number of anilines is 2. The largest absolute Gasteiger partial charge is 0.326 e. The number of carbonyl (C=O) groups excluding carboxylic acids is 2. The highest BCUT2D eigenvalue weighted by Gasteiger charge is 2.29. The van der Waals surface area contributed by atoms with Gasteiger partial charge in [0.05, 0.1) is 11.7 Å². The number of amides is 2. The van der Waals surface area contributed by atoms with E-state index in [0.717, 1.165) is 12.8 Å². The fraction of sp³-hybridized carbons (Fsp3) is 0.200. The fourth-order valence-electron chi connectivity index (χ4n) is 2.89. The van der Waals surface area contributed by atoms with Crippen molar-refractivity contribution in [3.63, 3.8) is 0 Å². The molecule has 0 atom stereocenters. The standard InChI is InChI=1S/C20H18N4O3/c25-18-11-21-24(17-7-2-1-6-16(17)18)12-19(26)22-14-4-3-5-15(10-14)23-20(27)13-8-9-13/h1-7,10-11,13H,8-9,12H2,(H,22,26)(H,23,27). The van der Waals surface area contributed by atoms with Crippen molar-refractivity contribution in [2.45, 2.75) is 19.4 Å². The summed E-state index contributed by atoms with van der Waals surface area (Å²) in [5, 5.41) is 10.2. The van der Waals surface area contributed by atoms with Crippen LogP contribution in [0.15, 0.2) is 59.5 Å². The molecule has 7 nitrogen and oxygen atoms in total. The molecule has 0 unspecified atom stereocenters. The number of benzene rings is 2. The third kappa shape index (κ3) is 3.87. The van der Waals surface area contributed by atoms with Crippen molar-refractivity contribution in [3.05, 3.63) is 65.0 Å². The summed E-state index contributed by atoms with van der Waals surface area (Å²) >= 11 is 0. The minimum atomic E-state index is -0.276. The summed E-state index contributed by atoms with van der Waals surface area (Å²) in [5.74, 6) is -0.146. The molecule has 0 saturated heterocycles. The average molecular weight is 362 g/mol. The Kier molecular flexibility index (Phi) is 4.42. The van der Waals surface area contributed by atoms with Gasteiger partial charge in [0.2, 0.25) is 17.2 Å². The Bertz CT molecular complexity index is 1090. The molecule has 0 spiro atoms. The van der Waals surface area contributed by atoms with Crippen LogP contribution >= 0.6 is 0 Å². The molecule has 0 radical (unpaired) electrons. The maximum absolute atomic E-state index is 12.4. The fourth-order valence-corrected chi connectivity index (χ4v) is 2.89. The number of para-hydroxylation sites is 1. The summed E-state index contributed by atoms with van der Waals surface area (Å²) in [6.07, 6.45) is 3.08. The zero-order valence-electron chi connectivity index (χ0n) is 14.5. The van der Waals surface area contributed by atoms with E-state index in [9.17, 15) is 14.4 Å². The van der Waals surface area contributed by atoms with Crippen LogP contribution in [0.4, 0.5) is 11.4 Å². The molecule has 1 heterocycles. The van der Waals surface area contributed by atoms with Crippen LogP contribution in [-0.4, -0.2) is 21.6 Å². The highest BCUT2D eigenvalue weighted by Crippen LogP contribution is 2.30. The van der Waals surface area contributed by atoms with Gasteiger partial charge in [-0.15, -0.1) is 0 Å². The van der Waals surface area contributed by atoms with Gasteiger partial charge in [-0.25, -0.2) is 0 Å². The lowest BCUT2D eigenvalue weighted by atomic mass is 10.2. The predicted molar refractivity (Wildman–Crippen MR) is 102 cm³/mol. The van der Waals surface area contributed by atoms with Crippen LogP contribution in [-0.2, 0) is 16.1 Å². The second-order valence-electron chi connectivity index (χ2n) is 6.58. The molecule has 136 valence electrons. The minimum Gasteiger partial charge on any atom is -0.326 e. The summed E-state index contributed by atoms with van der Waals surface area (Å²) in [7, 11) is 0. The van der Waals surface area contributed by atoms with Crippen LogP contribution in [0.5, 0.6) is 0 Å². The third-order valence-electron chi connectivity index (χ3n) is 4.42. The number of aromatic nitrogens is 2. The van der Waals surface area contributed by atoms with E-state index >= 15 is 0 Å². The van der Waals surface area contributed by atoms with E-state index in [2.05, 4.69) is 15.7 Å². The molecule has 0 bridgehead atoms. The first-order valence-electron chi connectivity index (χ1n) is 8.76. The number of fused-ring (bicyclic) bond motifs is 1. The highest BCUT2D eigenvalue weighted by atomic mass is 16.2. The Labute approximate surface area is 155 Å². The van der Waals surface area contributed by atoms with Gasteiger partial charge in [-0.05, 0) is 43.2 Å². The molecule has 0 aliphatic heterocycles. The van der Waals surface area contributed by atoms with Gasteiger partial charge < -0.3 is 10.6 Å². The number of nitrogens with zero attached hydrogens (tertiary/aromatic N) is 2. The van der Waals surface area contributed by atoms with E-state index in [4.69, 9.17) is 0 Å². The number of nitrogens with one attached hydrogen (secondary N) is 2. The molecule has 1 aromatic heterocycles. The molecule has 2 aromatic carbocycles. The van der Waals surface area contributed by atoms with Gasteiger partial charge in [0.1, 0.15) is 6.54 Å². The van der Waals surface area contributed by atoms with Crippen molar-refractivity contribution in [3.8, 4) is 0 Å². The van der Waals surface area contributed by atoms with Crippen molar-refractivity contribution in [1.29, 1.82) is 0 Å². The number of rotatable bonds is 5. The summed E-state index contributed by atoms with van der Waals surface area (Å²) < 4.78 is 1.49. The zero-order chi connectivity index (χ0) is 18.8. The van der Waals surface area contributed by atoms with Gasteiger partial charge in [0.15, 0.2) is 0 Å². The molecule has 1 saturated carbocycles. The number of hydrogen-bond donors (Lipinski definition) is 2. The van der Waals surface area contributed by atoms with Crippen molar-refractivity contribution < 1.29 is 9.59 Å². The first kappa shape index (κ1) is 17.0.